The molecule has 0 spiro atoms. The summed E-state index contributed by atoms with van der Waals surface area (Å²) in [6.45, 7) is 7.99. The van der Waals surface area contributed by atoms with Gasteiger partial charge in [-0.25, -0.2) is 0 Å². The number of rotatable bonds is 5. The molecular weight excluding hydrogens is 256 g/mol. The maximum absolute atomic E-state index is 12.4. The largest absolute Gasteiger partial charge is 0.456 e. The Balaban J connectivity index is 2.00. The van der Waals surface area contributed by atoms with Crippen molar-refractivity contribution in [2.75, 3.05) is 39.3 Å². The van der Waals surface area contributed by atoms with Crippen molar-refractivity contribution in [3.8, 4) is 0 Å². The molecule has 1 saturated heterocycles. The van der Waals surface area contributed by atoms with Gasteiger partial charge in [0.2, 0.25) is 0 Å². The van der Waals surface area contributed by atoms with Crippen molar-refractivity contribution in [1.29, 1.82) is 0 Å². The van der Waals surface area contributed by atoms with Gasteiger partial charge in [-0.3, -0.25) is 9.69 Å². The highest BCUT2D eigenvalue weighted by atomic mass is 16.4. The average molecular weight is 280 g/mol. The molecule has 112 valence electrons. The summed E-state index contributed by atoms with van der Waals surface area (Å²) < 4.78 is 5.70. The fraction of sp³-hybridized carbons (Fsp3) is 0.667. The van der Waals surface area contributed by atoms with Crippen molar-refractivity contribution in [2.45, 2.75) is 26.7 Å². The molecule has 1 aromatic heterocycles. The van der Waals surface area contributed by atoms with Gasteiger partial charge in [0, 0.05) is 39.1 Å². The summed E-state index contributed by atoms with van der Waals surface area (Å²) in [5.41, 5.74) is 1.13. The minimum Gasteiger partial charge on any atom is -0.456 e. The highest BCUT2D eigenvalue weighted by molar-refractivity contribution is 5.92. The lowest BCUT2D eigenvalue weighted by Crippen LogP contribution is -2.49. The van der Waals surface area contributed by atoms with Crippen LogP contribution >= 0.6 is 0 Å². The van der Waals surface area contributed by atoms with Crippen LogP contribution < -0.4 is 0 Å². The van der Waals surface area contributed by atoms with E-state index in [0.29, 0.717) is 25.4 Å². The molecule has 2 heterocycles. The quantitative estimate of drug-likeness (QED) is 0.879. The molecule has 0 atom stereocenters. The molecule has 0 radical (unpaired) electrons. The monoisotopic (exact) mass is 280 g/mol. The molecule has 0 aliphatic carbocycles. The van der Waals surface area contributed by atoms with Gasteiger partial charge in [0.05, 0.1) is 6.61 Å². The van der Waals surface area contributed by atoms with Gasteiger partial charge in [0.25, 0.3) is 5.91 Å². The van der Waals surface area contributed by atoms with Crippen molar-refractivity contribution in [3.05, 3.63) is 23.2 Å². The Bertz CT molecular complexity index is 426. The topological polar surface area (TPSA) is 56.9 Å². The first-order valence-electron chi connectivity index (χ1n) is 7.43. The van der Waals surface area contributed by atoms with E-state index in [2.05, 4.69) is 11.8 Å². The van der Waals surface area contributed by atoms with Gasteiger partial charge in [-0.15, -0.1) is 0 Å². The third-order valence-electron chi connectivity index (χ3n) is 3.89. The molecule has 1 aliphatic heterocycles. The smallest absolute Gasteiger partial charge is 0.289 e. The van der Waals surface area contributed by atoms with Gasteiger partial charge in [-0.05, 0) is 18.1 Å². The van der Waals surface area contributed by atoms with Crippen molar-refractivity contribution in [1.82, 2.24) is 9.80 Å². The van der Waals surface area contributed by atoms with E-state index in [1.807, 2.05) is 17.9 Å². The van der Waals surface area contributed by atoms with Crippen LogP contribution in [-0.2, 0) is 12.8 Å². The van der Waals surface area contributed by atoms with Crippen LogP contribution in [0.2, 0.25) is 0 Å². The van der Waals surface area contributed by atoms with Crippen LogP contribution in [0.3, 0.4) is 0 Å². The summed E-state index contributed by atoms with van der Waals surface area (Å²) in [7, 11) is 0. The Kier molecular flexibility index (Phi) is 5.20. The molecule has 20 heavy (non-hydrogen) atoms. The Morgan fingerprint density at radius 1 is 1.25 bits per heavy atom. The third-order valence-corrected chi connectivity index (χ3v) is 3.89. The number of piperazine rings is 1. The van der Waals surface area contributed by atoms with Crippen LogP contribution in [-0.4, -0.2) is 60.1 Å². The standard InChI is InChI=1S/C15H24N2O3/c1-3-12-11-14(20-13(12)4-2)15(19)17-7-5-16(6-8-17)9-10-18/h11,18H,3-10H2,1-2H3. The third kappa shape index (κ3) is 3.22. The molecule has 2 rings (SSSR count). The van der Waals surface area contributed by atoms with Crippen molar-refractivity contribution in [3.63, 3.8) is 0 Å². The van der Waals surface area contributed by atoms with E-state index in [1.165, 1.54) is 0 Å². The number of β-amino-alcohol motifs (C(OH)–C–C–N with tert-alkyl or cyclic N) is 1. The average Bonchev–Trinajstić information content (AvgIpc) is 2.91. The predicted molar refractivity (Wildman–Crippen MR) is 76.9 cm³/mol. The number of hydrogen-bond donors (Lipinski definition) is 1. The maximum Gasteiger partial charge on any atom is 0.289 e. The number of aliphatic hydroxyl groups excluding tert-OH is 1. The fourth-order valence-corrected chi connectivity index (χ4v) is 2.64. The highest BCUT2D eigenvalue weighted by Gasteiger charge is 2.24. The fourth-order valence-electron chi connectivity index (χ4n) is 2.64. The van der Waals surface area contributed by atoms with E-state index < -0.39 is 0 Å². The number of amides is 1. The second-order valence-corrected chi connectivity index (χ2v) is 5.12. The summed E-state index contributed by atoms with van der Waals surface area (Å²) in [5, 5.41) is 8.92. The van der Waals surface area contributed by atoms with Crippen molar-refractivity contribution in [2.24, 2.45) is 0 Å². The van der Waals surface area contributed by atoms with Gasteiger partial charge in [-0.2, -0.15) is 0 Å². The number of carbonyl (C=O) groups excluding carboxylic acids is 1. The van der Waals surface area contributed by atoms with Crippen LogP contribution in [0.25, 0.3) is 0 Å². The van der Waals surface area contributed by atoms with E-state index in [-0.39, 0.29) is 12.5 Å². The molecule has 1 aromatic rings. The first-order chi connectivity index (χ1) is 9.69. The number of hydrogen-bond acceptors (Lipinski definition) is 4. The van der Waals surface area contributed by atoms with Crippen LogP contribution in [0.5, 0.6) is 0 Å². The number of carbonyl (C=O) groups is 1. The van der Waals surface area contributed by atoms with E-state index in [4.69, 9.17) is 9.52 Å². The van der Waals surface area contributed by atoms with Gasteiger partial charge >= 0.3 is 0 Å². The summed E-state index contributed by atoms with van der Waals surface area (Å²) in [4.78, 5) is 16.4. The van der Waals surface area contributed by atoms with Crippen LogP contribution in [0, 0.1) is 0 Å². The normalized spacial score (nSPS) is 16.6. The van der Waals surface area contributed by atoms with E-state index >= 15 is 0 Å². The van der Waals surface area contributed by atoms with Crippen LogP contribution in [0.1, 0.15) is 35.7 Å². The van der Waals surface area contributed by atoms with Gasteiger partial charge in [0.15, 0.2) is 5.76 Å². The summed E-state index contributed by atoms with van der Waals surface area (Å²) in [6.07, 6.45) is 1.71. The first kappa shape index (κ1) is 15.1. The lowest BCUT2D eigenvalue weighted by molar-refractivity contribution is 0.0583. The van der Waals surface area contributed by atoms with Crippen molar-refractivity contribution >= 4 is 5.91 Å². The second kappa shape index (κ2) is 6.90. The van der Waals surface area contributed by atoms with E-state index in [1.54, 1.807) is 0 Å². The zero-order valence-corrected chi connectivity index (χ0v) is 12.4. The van der Waals surface area contributed by atoms with Gasteiger partial charge in [0.1, 0.15) is 5.76 Å². The Morgan fingerprint density at radius 2 is 1.95 bits per heavy atom. The molecule has 1 amide bonds. The van der Waals surface area contributed by atoms with E-state index in [9.17, 15) is 4.79 Å². The first-order valence-corrected chi connectivity index (χ1v) is 7.43. The lowest BCUT2D eigenvalue weighted by Gasteiger charge is -2.33. The second-order valence-electron chi connectivity index (χ2n) is 5.12. The number of aliphatic hydroxyl groups is 1. The molecule has 0 bridgehead atoms. The summed E-state index contributed by atoms with van der Waals surface area (Å²) in [5.74, 6) is 1.38. The molecule has 1 aliphatic rings. The van der Waals surface area contributed by atoms with Crippen LogP contribution in [0.15, 0.2) is 10.5 Å². The number of aryl methyl sites for hydroxylation is 2. The maximum atomic E-state index is 12.4. The molecule has 0 unspecified atom stereocenters. The SMILES string of the molecule is CCc1cc(C(=O)N2CCN(CCO)CC2)oc1CC. The van der Waals surface area contributed by atoms with Gasteiger partial charge < -0.3 is 14.4 Å². The highest BCUT2D eigenvalue weighted by Crippen LogP contribution is 2.19. The molecule has 1 fully saturated rings. The zero-order valence-electron chi connectivity index (χ0n) is 12.4. The van der Waals surface area contributed by atoms with Crippen LogP contribution in [0.4, 0.5) is 0 Å². The molecule has 1 N–H and O–H groups in total. The number of furan rings is 1. The lowest BCUT2D eigenvalue weighted by atomic mass is 10.1. The van der Waals surface area contributed by atoms with Crippen molar-refractivity contribution < 1.29 is 14.3 Å². The minimum absolute atomic E-state index is 0.0111. The molecule has 0 aromatic carbocycles. The minimum atomic E-state index is -0.0111. The summed E-state index contributed by atoms with van der Waals surface area (Å²) >= 11 is 0. The van der Waals surface area contributed by atoms with E-state index in [0.717, 1.165) is 37.3 Å². The van der Waals surface area contributed by atoms with Gasteiger partial charge in [-0.1, -0.05) is 13.8 Å². The zero-order chi connectivity index (χ0) is 14.5. The molecule has 0 saturated carbocycles. The predicted octanol–water partition coefficient (Wildman–Crippen LogP) is 1.15. The molecule has 5 nitrogen and oxygen atoms in total. The number of nitrogens with zero attached hydrogens (tertiary/aromatic N) is 2. The summed E-state index contributed by atoms with van der Waals surface area (Å²) in [6, 6.07) is 1.89. The Hall–Kier alpha value is -1.33. The Morgan fingerprint density at radius 3 is 2.45 bits per heavy atom. The Labute approximate surface area is 120 Å². The molecular formula is C15H24N2O3. The molecule has 5 heteroatoms.